The first-order valence-corrected chi connectivity index (χ1v) is 8.58. The van der Waals surface area contributed by atoms with Gasteiger partial charge in [0.1, 0.15) is 0 Å². The van der Waals surface area contributed by atoms with E-state index in [0.29, 0.717) is 12.8 Å². The summed E-state index contributed by atoms with van der Waals surface area (Å²) in [5.74, 6) is -0.441. The highest BCUT2D eigenvalue weighted by Crippen LogP contribution is 2.10. The molecule has 0 saturated heterocycles. The second-order valence-corrected chi connectivity index (χ2v) is 5.73. The lowest BCUT2D eigenvalue weighted by Crippen LogP contribution is -1.94. The zero-order valence-corrected chi connectivity index (χ0v) is 13.6. The Balaban J connectivity index is 3.26. The second kappa shape index (κ2) is 15.3. The van der Waals surface area contributed by atoms with Crippen molar-refractivity contribution in [1.82, 2.24) is 0 Å². The summed E-state index contributed by atoms with van der Waals surface area (Å²) >= 11 is 0. The van der Waals surface area contributed by atoms with Crippen LogP contribution in [0.15, 0.2) is 12.2 Å². The molecule has 0 aliphatic rings. The molecule has 21 heavy (non-hydrogen) atoms. The van der Waals surface area contributed by atoms with Crippen molar-refractivity contribution in [2.45, 2.75) is 90.4 Å². The van der Waals surface area contributed by atoms with Gasteiger partial charge in [0.05, 0.1) is 0 Å². The van der Waals surface area contributed by atoms with E-state index in [1.807, 2.05) is 6.08 Å². The van der Waals surface area contributed by atoms with Crippen molar-refractivity contribution >= 4 is 11.8 Å². The van der Waals surface area contributed by atoms with Crippen molar-refractivity contribution in [3.63, 3.8) is 0 Å². The molecule has 0 heterocycles. The number of hydrogen-bond acceptors (Lipinski definition) is 2. The summed E-state index contributed by atoms with van der Waals surface area (Å²) in [5.41, 5.74) is 0. The highest BCUT2D eigenvalue weighted by atomic mass is 16.4. The van der Waals surface area contributed by atoms with Gasteiger partial charge >= 0.3 is 5.97 Å². The van der Waals surface area contributed by atoms with Crippen molar-refractivity contribution < 1.29 is 14.7 Å². The maximum absolute atomic E-state index is 11.6. The lowest BCUT2D eigenvalue weighted by Gasteiger charge is -2.00. The van der Waals surface area contributed by atoms with Crippen LogP contribution in [-0.2, 0) is 9.59 Å². The van der Waals surface area contributed by atoms with E-state index in [4.69, 9.17) is 5.11 Å². The number of rotatable bonds is 15. The fraction of sp³-hybridized carbons (Fsp3) is 0.778. The van der Waals surface area contributed by atoms with Gasteiger partial charge in [0, 0.05) is 12.8 Å². The average molecular weight is 296 g/mol. The molecule has 0 aromatic rings. The largest absolute Gasteiger partial charge is 0.481 e. The first-order chi connectivity index (χ1) is 10.2. The minimum absolute atomic E-state index is 0.257. The Kier molecular flexibility index (Phi) is 14.5. The molecule has 0 fully saturated rings. The topological polar surface area (TPSA) is 54.4 Å². The van der Waals surface area contributed by atoms with Crippen LogP contribution in [0.2, 0.25) is 0 Å². The molecule has 0 unspecified atom stereocenters. The quantitative estimate of drug-likeness (QED) is 0.330. The average Bonchev–Trinajstić information content (AvgIpc) is 2.45. The molecule has 0 bridgehead atoms. The van der Waals surface area contributed by atoms with E-state index in [1.165, 1.54) is 19.3 Å². The Labute approximate surface area is 129 Å². The Bertz CT molecular complexity index is 295. The monoisotopic (exact) mass is 296 g/mol. The fourth-order valence-corrected chi connectivity index (χ4v) is 2.27. The van der Waals surface area contributed by atoms with Gasteiger partial charge in [-0.3, -0.25) is 9.59 Å². The molecule has 122 valence electrons. The van der Waals surface area contributed by atoms with Crippen LogP contribution in [0.4, 0.5) is 0 Å². The molecule has 0 saturated carbocycles. The molecular formula is C18H32O3. The van der Waals surface area contributed by atoms with Crippen LogP contribution >= 0.6 is 0 Å². The maximum atomic E-state index is 11.6. The fourth-order valence-electron chi connectivity index (χ4n) is 2.27. The van der Waals surface area contributed by atoms with Gasteiger partial charge in [-0.2, -0.15) is 0 Å². The van der Waals surface area contributed by atoms with E-state index >= 15 is 0 Å². The molecule has 0 rings (SSSR count). The number of allylic oxidation sites excluding steroid dienone is 2. The number of carboxylic acids is 1. The Hall–Kier alpha value is -1.12. The third kappa shape index (κ3) is 16.8. The summed E-state index contributed by atoms with van der Waals surface area (Å²) in [6, 6.07) is 0. The number of carboxylic acid groups (broad SMARTS) is 1. The molecular weight excluding hydrogens is 264 g/mol. The Morgan fingerprint density at radius 1 is 0.810 bits per heavy atom. The van der Waals surface area contributed by atoms with Gasteiger partial charge in [-0.25, -0.2) is 0 Å². The summed E-state index contributed by atoms with van der Waals surface area (Å²) in [4.78, 5) is 21.9. The highest BCUT2D eigenvalue weighted by molar-refractivity contribution is 5.89. The zero-order chi connectivity index (χ0) is 15.8. The van der Waals surface area contributed by atoms with Crippen molar-refractivity contribution in [3.05, 3.63) is 12.2 Å². The minimum Gasteiger partial charge on any atom is -0.481 e. The molecule has 0 atom stereocenters. The number of carbonyl (C=O) groups excluding carboxylic acids is 1. The third-order valence-corrected chi connectivity index (χ3v) is 3.59. The summed E-state index contributed by atoms with van der Waals surface area (Å²) in [7, 11) is 0. The van der Waals surface area contributed by atoms with Gasteiger partial charge in [-0.15, -0.1) is 0 Å². The zero-order valence-electron chi connectivity index (χ0n) is 13.6. The van der Waals surface area contributed by atoms with Gasteiger partial charge < -0.3 is 5.11 Å². The first-order valence-electron chi connectivity index (χ1n) is 8.58. The lowest BCUT2D eigenvalue weighted by atomic mass is 10.1. The molecule has 1 N–H and O–H groups in total. The third-order valence-electron chi connectivity index (χ3n) is 3.59. The number of aliphatic carboxylic acids is 1. The molecule has 0 radical (unpaired) electrons. The van der Waals surface area contributed by atoms with Gasteiger partial charge in [-0.05, 0) is 31.8 Å². The number of carbonyl (C=O) groups is 2. The van der Waals surface area contributed by atoms with Crippen LogP contribution in [0.1, 0.15) is 90.4 Å². The molecule has 0 aromatic heterocycles. The van der Waals surface area contributed by atoms with Crippen LogP contribution < -0.4 is 0 Å². The van der Waals surface area contributed by atoms with Crippen LogP contribution in [0, 0.1) is 0 Å². The van der Waals surface area contributed by atoms with E-state index in [2.05, 4.69) is 6.92 Å². The molecule has 3 heteroatoms. The van der Waals surface area contributed by atoms with E-state index in [9.17, 15) is 9.59 Å². The number of unbranched alkanes of at least 4 members (excludes halogenated alkanes) is 9. The summed E-state index contributed by atoms with van der Waals surface area (Å²) in [5, 5.41) is 8.50. The van der Waals surface area contributed by atoms with Crippen molar-refractivity contribution in [3.8, 4) is 0 Å². The van der Waals surface area contributed by atoms with Crippen molar-refractivity contribution in [1.29, 1.82) is 0 Å². The normalized spacial score (nSPS) is 11.1. The van der Waals surface area contributed by atoms with Crippen LogP contribution in [-0.4, -0.2) is 16.9 Å². The van der Waals surface area contributed by atoms with Crippen molar-refractivity contribution in [2.75, 3.05) is 0 Å². The number of ketones is 1. The van der Waals surface area contributed by atoms with Crippen LogP contribution in [0.3, 0.4) is 0 Å². The van der Waals surface area contributed by atoms with Gasteiger partial charge in [0.15, 0.2) is 5.78 Å². The van der Waals surface area contributed by atoms with Crippen LogP contribution in [0.5, 0.6) is 0 Å². The van der Waals surface area contributed by atoms with Crippen LogP contribution in [0.25, 0.3) is 0 Å². The molecule has 0 aromatic carbocycles. The van der Waals surface area contributed by atoms with Crippen molar-refractivity contribution in [2.24, 2.45) is 0 Å². The standard InChI is InChI=1S/C18H32O3/c1-2-3-4-8-11-14-17(19)15-12-9-6-5-7-10-13-16-18(20)21/h11,14H,2-10,12-13,15-16H2,1H3,(H,20,21)/b14-11+. The first kappa shape index (κ1) is 19.9. The summed E-state index contributed by atoms with van der Waals surface area (Å²) in [6.45, 7) is 2.18. The van der Waals surface area contributed by atoms with E-state index in [1.54, 1.807) is 6.08 Å². The van der Waals surface area contributed by atoms with E-state index in [-0.39, 0.29) is 5.78 Å². The SMILES string of the molecule is CCCCC/C=C/C(=O)CCCCCCCCCC(=O)O. The molecule has 0 aliphatic heterocycles. The van der Waals surface area contributed by atoms with Gasteiger partial charge in [-0.1, -0.05) is 57.9 Å². The van der Waals surface area contributed by atoms with Gasteiger partial charge in [0.25, 0.3) is 0 Å². The predicted octanol–water partition coefficient (Wildman–Crippen LogP) is 5.29. The van der Waals surface area contributed by atoms with Gasteiger partial charge in [0.2, 0.25) is 0 Å². The maximum Gasteiger partial charge on any atom is 0.303 e. The number of hydrogen-bond donors (Lipinski definition) is 1. The smallest absolute Gasteiger partial charge is 0.303 e. The molecule has 0 aliphatic carbocycles. The minimum atomic E-state index is -0.698. The molecule has 0 amide bonds. The van der Waals surface area contributed by atoms with E-state index < -0.39 is 5.97 Å². The molecule has 3 nitrogen and oxygen atoms in total. The summed E-state index contributed by atoms with van der Waals surface area (Å²) in [6.07, 6.45) is 16.7. The Morgan fingerprint density at radius 3 is 1.95 bits per heavy atom. The second-order valence-electron chi connectivity index (χ2n) is 5.73. The predicted molar refractivity (Wildman–Crippen MR) is 87.5 cm³/mol. The highest BCUT2D eigenvalue weighted by Gasteiger charge is 1.98. The Morgan fingerprint density at radius 2 is 1.38 bits per heavy atom. The molecule has 0 spiro atoms. The van der Waals surface area contributed by atoms with E-state index in [0.717, 1.165) is 51.4 Å². The lowest BCUT2D eigenvalue weighted by molar-refractivity contribution is -0.137. The summed E-state index contributed by atoms with van der Waals surface area (Å²) < 4.78 is 0.